The Kier molecular flexibility index (Phi) is 4.57. The van der Waals surface area contributed by atoms with Gasteiger partial charge in [0.2, 0.25) is 0 Å². The highest BCUT2D eigenvalue weighted by atomic mass is 32.2. The van der Waals surface area contributed by atoms with E-state index in [0.29, 0.717) is 0 Å². The van der Waals surface area contributed by atoms with E-state index in [1.54, 1.807) is 22.7 Å². The van der Waals surface area contributed by atoms with Crippen LogP contribution in [0.1, 0.15) is 18.9 Å². The van der Waals surface area contributed by atoms with Crippen LogP contribution in [0.15, 0.2) is 47.4 Å². The Balaban J connectivity index is 1.83. The standard InChI is InChI=1S/C18H19FN2OS/c1-12-3-4-13-11-14(19)5-10-17(13)21(12)18(22)20-15-6-8-16(23-2)9-7-15/h5-12H,3-4H2,1-2H3,(H,20,22). The van der Waals surface area contributed by atoms with Gasteiger partial charge in [-0.25, -0.2) is 9.18 Å². The first-order valence-corrected chi connectivity index (χ1v) is 8.83. The molecule has 0 aromatic heterocycles. The molecule has 120 valence electrons. The topological polar surface area (TPSA) is 32.3 Å². The Morgan fingerprint density at radius 3 is 2.70 bits per heavy atom. The molecular weight excluding hydrogens is 311 g/mol. The number of rotatable bonds is 2. The van der Waals surface area contributed by atoms with E-state index >= 15 is 0 Å². The largest absolute Gasteiger partial charge is 0.326 e. The van der Waals surface area contributed by atoms with Crippen LogP contribution >= 0.6 is 11.8 Å². The number of urea groups is 1. The van der Waals surface area contributed by atoms with E-state index in [-0.39, 0.29) is 17.9 Å². The molecule has 2 aromatic carbocycles. The molecule has 2 aromatic rings. The summed E-state index contributed by atoms with van der Waals surface area (Å²) in [5.41, 5.74) is 2.44. The van der Waals surface area contributed by atoms with Gasteiger partial charge in [-0.15, -0.1) is 11.8 Å². The fourth-order valence-electron chi connectivity index (χ4n) is 2.89. The maximum atomic E-state index is 13.4. The molecule has 0 saturated heterocycles. The average Bonchev–Trinajstić information content (AvgIpc) is 2.55. The number of fused-ring (bicyclic) bond motifs is 1. The molecular formula is C18H19FN2OS. The van der Waals surface area contributed by atoms with Crippen molar-refractivity contribution in [3.8, 4) is 0 Å². The third-order valence-corrected chi connectivity index (χ3v) is 4.88. The number of benzene rings is 2. The van der Waals surface area contributed by atoms with Crippen molar-refractivity contribution in [2.75, 3.05) is 16.5 Å². The van der Waals surface area contributed by atoms with Crippen molar-refractivity contribution in [2.24, 2.45) is 0 Å². The van der Waals surface area contributed by atoms with Crippen molar-refractivity contribution in [1.82, 2.24) is 0 Å². The Morgan fingerprint density at radius 2 is 2.00 bits per heavy atom. The minimum absolute atomic E-state index is 0.0819. The molecule has 1 aliphatic heterocycles. The van der Waals surface area contributed by atoms with E-state index in [4.69, 9.17) is 0 Å². The van der Waals surface area contributed by atoms with E-state index in [0.717, 1.165) is 34.7 Å². The van der Waals surface area contributed by atoms with Gasteiger partial charge in [-0.05, 0) is 74.0 Å². The first-order chi connectivity index (χ1) is 11.1. The lowest BCUT2D eigenvalue weighted by Gasteiger charge is -2.35. The van der Waals surface area contributed by atoms with Crippen LogP contribution in [0, 0.1) is 5.82 Å². The number of nitrogens with one attached hydrogen (secondary N) is 1. The molecule has 0 saturated carbocycles. The summed E-state index contributed by atoms with van der Waals surface area (Å²) in [6.45, 7) is 2.02. The van der Waals surface area contributed by atoms with E-state index in [1.807, 2.05) is 37.4 Å². The third-order valence-electron chi connectivity index (χ3n) is 4.13. The quantitative estimate of drug-likeness (QED) is 0.793. The highest BCUT2D eigenvalue weighted by molar-refractivity contribution is 7.98. The second-order valence-electron chi connectivity index (χ2n) is 5.69. The number of nitrogens with zero attached hydrogens (tertiary/aromatic N) is 1. The lowest BCUT2D eigenvalue weighted by molar-refractivity contribution is 0.254. The Hall–Kier alpha value is -2.01. The number of hydrogen-bond donors (Lipinski definition) is 1. The maximum absolute atomic E-state index is 13.4. The SMILES string of the molecule is CSc1ccc(NC(=O)N2c3ccc(F)cc3CCC2C)cc1. The van der Waals surface area contributed by atoms with Gasteiger partial charge >= 0.3 is 6.03 Å². The number of amides is 2. The molecule has 1 heterocycles. The molecule has 5 heteroatoms. The molecule has 3 nitrogen and oxygen atoms in total. The number of aryl methyl sites for hydroxylation is 1. The first-order valence-electron chi connectivity index (χ1n) is 7.61. The van der Waals surface area contributed by atoms with Crippen molar-refractivity contribution >= 4 is 29.2 Å². The summed E-state index contributed by atoms with van der Waals surface area (Å²) in [4.78, 5) is 15.6. The van der Waals surface area contributed by atoms with Gasteiger partial charge in [-0.2, -0.15) is 0 Å². The number of halogens is 1. The van der Waals surface area contributed by atoms with Gasteiger partial charge in [0.15, 0.2) is 0 Å². The van der Waals surface area contributed by atoms with Crippen LogP contribution in [0.2, 0.25) is 0 Å². The summed E-state index contributed by atoms with van der Waals surface area (Å²) in [6, 6.07) is 12.3. The summed E-state index contributed by atoms with van der Waals surface area (Å²) in [5.74, 6) is -0.258. The molecule has 0 aliphatic carbocycles. The monoisotopic (exact) mass is 330 g/mol. The second kappa shape index (κ2) is 6.62. The van der Waals surface area contributed by atoms with E-state index in [1.165, 1.54) is 12.1 Å². The molecule has 1 aliphatic rings. The zero-order valence-electron chi connectivity index (χ0n) is 13.2. The zero-order chi connectivity index (χ0) is 16.4. The maximum Gasteiger partial charge on any atom is 0.326 e. The smallest absolute Gasteiger partial charge is 0.308 e. The lowest BCUT2D eigenvalue weighted by atomic mass is 9.97. The Morgan fingerprint density at radius 1 is 1.26 bits per heavy atom. The highest BCUT2D eigenvalue weighted by Crippen LogP contribution is 2.32. The lowest BCUT2D eigenvalue weighted by Crippen LogP contribution is -2.44. The van der Waals surface area contributed by atoms with Crippen LogP contribution in [0.4, 0.5) is 20.6 Å². The Labute approximate surface area is 139 Å². The number of thioether (sulfide) groups is 1. The molecule has 23 heavy (non-hydrogen) atoms. The van der Waals surface area contributed by atoms with Gasteiger partial charge in [0.1, 0.15) is 5.82 Å². The van der Waals surface area contributed by atoms with Crippen molar-refractivity contribution in [3.05, 3.63) is 53.8 Å². The minimum Gasteiger partial charge on any atom is -0.308 e. The van der Waals surface area contributed by atoms with Crippen LogP contribution < -0.4 is 10.2 Å². The molecule has 0 spiro atoms. The van der Waals surface area contributed by atoms with E-state index < -0.39 is 0 Å². The van der Waals surface area contributed by atoms with Gasteiger partial charge in [0.05, 0.1) is 0 Å². The molecule has 3 rings (SSSR count). The molecule has 1 atom stereocenters. The summed E-state index contributed by atoms with van der Waals surface area (Å²) < 4.78 is 13.4. The number of anilines is 2. The second-order valence-corrected chi connectivity index (χ2v) is 6.57. The van der Waals surface area contributed by atoms with Crippen molar-refractivity contribution < 1.29 is 9.18 Å². The van der Waals surface area contributed by atoms with Crippen LogP contribution in [0.5, 0.6) is 0 Å². The van der Waals surface area contributed by atoms with Gasteiger partial charge < -0.3 is 5.32 Å². The first kappa shape index (κ1) is 15.9. The third kappa shape index (κ3) is 3.34. The molecule has 0 bridgehead atoms. The Bertz CT molecular complexity index is 717. The predicted octanol–water partition coefficient (Wildman–Crippen LogP) is 4.92. The van der Waals surface area contributed by atoms with Gasteiger partial charge in [0, 0.05) is 22.3 Å². The van der Waals surface area contributed by atoms with Crippen LogP contribution in [-0.4, -0.2) is 18.3 Å². The summed E-state index contributed by atoms with van der Waals surface area (Å²) >= 11 is 1.66. The fraction of sp³-hybridized carbons (Fsp3) is 0.278. The fourth-order valence-corrected chi connectivity index (χ4v) is 3.30. The summed E-state index contributed by atoms with van der Waals surface area (Å²) in [7, 11) is 0. The van der Waals surface area contributed by atoms with Crippen LogP contribution in [0.3, 0.4) is 0 Å². The summed E-state index contributed by atoms with van der Waals surface area (Å²) in [6.07, 6.45) is 3.63. The van der Waals surface area contributed by atoms with Gasteiger partial charge in [0.25, 0.3) is 0 Å². The predicted molar refractivity (Wildman–Crippen MR) is 93.9 cm³/mol. The molecule has 2 amide bonds. The highest BCUT2D eigenvalue weighted by Gasteiger charge is 2.28. The van der Waals surface area contributed by atoms with E-state index in [9.17, 15) is 9.18 Å². The molecule has 0 fully saturated rings. The van der Waals surface area contributed by atoms with Gasteiger partial charge in [-0.3, -0.25) is 4.90 Å². The number of carbonyl (C=O) groups is 1. The number of carbonyl (C=O) groups excluding carboxylic acids is 1. The van der Waals surface area contributed by atoms with Gasteiger partial charge in [-0.1, -0.05) is 0 Å². The van der Waals surface area contributed by atoms with Crippen molar-refractivity contribution in [3.63, 3.8) is 0 Å². The van der Waals surface area contributed by atoms with Crippen molar-refractivity contribution in [1.29, 1.82) is 0 Å². The minimum atomic E-state index is -0.258. The van der Waals surface area contributed by atoms with Crippen LogP contribution in [0.25, 0.3) is 0 Å². The van der Waals surface area contributed by atoms with Crippen molar-refractivity contribution in [2.45, 2.75) is 30.7 Å². The number of hydrogen-bond acceptors (Lipinski definition) is 2. The zero-order valence-corrected chi connectivity index (χ0v) is 14.0. The summed E-state index contributed by atoms with van der Waals surface area (Å²) in [5, 5.41) is 2.93. The average molecular weight is 330 g/mol. The molecule has 0 radical (unpaired) electrons. The molecule has 1 unspecified atom stereocenters. The normalized spacial score (nSPS) is 16.8. The van der Waals surface area contributed by atoms with E-state index in [2.05, 4.69) is 5.32 Å². The molecule has 1 N–H and O–H groups in total. The van der Waals surface area contributed by atoms with Crippen LogP contribution in [-0.2, 0) is 6.42 Å².